The quantitative estimate of drug-likeness (QED) is 0.212. The summed E-state index contributed by atoms with van der Waals surface area (Å²) in [5, 5.41) is 6.82. The highest BCUT2D eigenvalue weighted by Gasteiger charge is 2.31. The molecular weight excluding hydrogens is 602 g/mol. The SMILES string of the molecule is Cn1cncc1-c1cc(Cl)c(-c2cc3cnc(Nc4ccc(C5CCNCC5)cc4)nc3n(CC(F)(F)F)c2=O)c(Cl)c1. The number of piperidine rings is 1. The second kappa shape index (κ2) is 11.6. The average molecular weight is 628 g/mol. The van der Waals surface area contributed by atoms with Gasteiger partial charge >= 0.3 is 6.18 Å². The number of aromatic nitrogens is 5. The van der Waals surface area contributed by atoms with Gasteiger partial charge in [-0.2, -0.15) is 18.2 Å². The summed E-state index contributed by atoms with van der Waals surface area (Å²) in [7, 11) is 1.80. The summed E-state index contributed by atoms with van der Waals surface area (Å²) in [5.41, 5.74) is 2.17. The molecule has 222 valence electrons. The topological polar surface area (TPSA) is 89.7 Å². The number of hydrogen-bond acceptors (Lipinski definition) is 6. The highest BCUT2D eigenvalue weighted by atomic mass is 35.5. The van der Waals surface area contributed by atoms with Gasteiger partial charge in [-0.25, -0.2) is 9.97 Å². The number of imidazole rings is 1. The Balaban J connectivity index is 1.39. The van der Waals surface area contributed by atoms with E-state index in [9.17, 15) is 18.0 Å². The lowest BCUT2D eigenvalue weighted by Crippen LogP contribution is -2.30. The van der Waals surface area contributed by atoms with E-state index in [1.54, 1.807) is 36.3 Å². The number of alkyl halides is 3. The largest absolute Gasteiger partial charge is 0.406 e. The van der Waals surface area contributed by atoms with Gasteiger partial charge in [0, 0.05) is 35.4 Å². The molecule has 13 heteroatoms. The second-order valence-corrected chi connectivity index (χ2v) is 11.3. The van der Waals surface area contributed by atoms with Crippen LogP contribution in [0.3, 0.4) is 0 Å². The number of rotatable bonds is 6. The molecule has 1 saturated heterocycles. The molecular formula is C30H26Cl2F3N7O. The van der Waals surface area contributed by atoms with E-state index in [2.05, 4.69) is 25.6 Å². The first-order chi connectivity index (χ1) is 20.6. The fourth-order valence-electron chi connectivity index (χ4n) is 5.46. The molecule has 1 fully saturated rings. The summed E-state index contributed by atoms with van der Waals surface area (Å²) >= 11 is 13.2. The van der Waals surface area contributed by atoms with Crippen LogP contribution >= 0.6 is 23.2 Å². The Kier molecular flexibility index (Phi) is 7.89. The van der Waals surface area contributed by atoms with Gasteiger partial charge in [0.2, 0.25) is 5.95 Å². The van der Waals surface area contributed by atoms with Crippen molar-refractivity contribution in [2.75, 3.05) is 18.4 Å². The third-order valence-electron chi connectivity index (χ3n) is 7.57. The van der Waals surface area contributed by atoms with E-state index in [0.29, 0.717) is 21.7 Å². The minimum atomic E-state index is -4.70. The fourth-order valence-corrected chi connectivity index (χ4v) is 6.15. The number of fused-ring (bicyclic) bond motifs is 1. The molecule has 2 aromatic carbocycles. The van der Waals surface area contributed by atoms with E-state index in [4.69, 9.17) is 23.2 Å². The van der Waals surface area contributed by atoms with Gasteiger partial charge in [0.1, 0.15) is 12.2 Å². The molecule has 0 radical (unpaired) electrons. The normalized spacial score (nSPS) is 14.4. The molecule has 6 rings (SSSR count). The van der Waals surface area contributed by atoms with Gasteiger partial charge in [-0.05, 0) is 67.7 Å². The number of benzene rings is 2. The molecule has 5 aromatic rings. The van der Waals surface area contributed by atoms with Crippen LogP contribution in [0.4, 0.5) is 24.8 Å². The number of hydrogen-bond donors (Lipinski definition) is 2. The number of nitrogens with zero attached hydrogens (tertiary/aromatic N) is 5. The van der Waals surface area contributed by atoms with Crippen LogP contribution < -0.4 is 16.2 Å². The Labute approximate surface area is 254 Å². The standard InChI is InChI=1S/C30H26Cl2F3N7O/c1-41-16-37-14-25(41)19-11-23(31)26(24(32)12-19)22-10-20-13-38-29(40-27(20)42(28(22)43)15-30(33,34)35)39-21-4-2-17(3-5-21)18-6-8-36-9-7-18/h2-5,10-14,16,18,36H,6-9,15H2,1H3,(H,38,39,40). The van der Waals surface area contributed by atoms with Gasteiger partial charge in [-0.1, -0.05) is 35.3 Å². The third kappa shape index (κ3) is 6.11. The zero-order valence-corrected chi connectivity index (χ0v) is 24.4. The highest BCUT2D eigenvalue weighted by molar-refractivity contribution is 6.39. The van der Waals surface area contributed by atoms with Crippen LogP contribution in [0.5, 0.6) is 0 Å². The zero-order valence-electron chi connectivity index (χ0n) is 22.9. The summed E-state index contributed by atoms with van der Waals surface area (Å²) in [5.74, 6) is 0.536. The summed E-state index contributed by atoms with van der Waals surface area (Å²) < 4.78 is 43.6. The molecule has 0 amide bonds. The van der Waals surface area contributed by atoms with Gasteiger partial charge in [0.05, 0.1) is 33.8 Å². The first-order valence-corrected chi connectivity index (χ1v) is 14.3. The summed E-state index contributed by atoms with van der Waals surface area (Å²) in [6.45, 7) is 0.401. The Hall–Kier alpha value is -3.93. The summed E-state index contributed by atoms with van der Waals surface area (Å²) in [4.78, 5) is 26.4. The first kappa shape index (κ1) is 29.2. The molecule has 0 aliphatic carbocycles. The van der Waals surface area contributed by atoms with Crippen LogP contribution in [0.25, 0.3) is 33.4 Å². The molecule has 0 bridgehead atoms. The van der Waals surface area contributed by atoms with E-state index >= 15 is 0 Å². The van der Waals surface area contributed by atoms with Gasteiger partial charge in [0.25, 0.3) is 5.56 Å². The van der Waals surface area contributed by atoms with E-state index < -0.39 is 18.3 Å². The van der Waals surface area contributed by atoms with E-state index in [1.807, 2.05) is 24.3 Å². The molecule has 0 atom stereocenters. The predicted molar refractivity (Wildman–Crippen MR) is 162 cm³/mol. The average Bonchev–Trinajstić information content (AvgIpc) is 3.41. The first-order valence-electron chi connectivity index (χ1n) is 13.6. The minimum absolute atomic E-state index is 0.0572. The van der Waals surface area contributed by atoms with Gasteiger partial charge in [0.15, 0.2) is 0 Å². The van der Waals surface area contributed by atoms with Crippen molar-refractivity contribution in [2.45, 2.75) is 31.5 Å². The van der Waals surface area contributed by atoms with Gasteiger partial charge in [-0.3, -0.25) is 9.36 Å². The summed E-state index contributed by atoms with van der Waals surface area (Å²) in [6, 6.07) is 12.4. The van der Waals surface area contributed by atoms with Gasteiger partial charge < -0.3 is 15.2 Å². The second-order valence-electron chi connectivity index (χ2n) is 10.5. The Morgan fingerprint density at radius 1 is 1.05 bits per heavy atom. The Morgan fingerprint density at radius 2 is 1.74 bits per heavy atom. The molecule has 4 heterocycles. The lowest BCUT2D eigenvalue weighted by Gasteiger charge is -2.23. The van der Waals surface area contributed by atoms with Crippen LogP contribution in [-0.2, 0) is 13.6 Å². The minimum Gasteiger partial charge on any atom is -0.334 e. The lowest BCUT2D eigenvalue weighted by atomic mass is 9.90. The highest BCUT2D eigenvalue weighted by Crippen LogP contribution is 2.38. The molecule has 0 spiro atoms. The third-order valence-corrected chi connectivity index (χ3v) is 8.16. The fraction of sp³-hybridized carbons (Fsp3) is 0.267. The van der Waals surface area contributed by atoms with Crippen LogP contribution in [0, 0.1) is 0 Å². The van der Waals surface area contributed by atoms with Crippen molar-refractivity contribution >= 4 is 45.9 Å². The van der Waals surface area contributed by atoms with Crippen molar-refractivity contribution in [1.82, 2.24) is 29.4 Å². The number of anilines is 2. The van der Waals surface area contributed by atoms with Crippen molar-refractivity contribution < 1.29 is 13.2 Å². The molecule has 8 nitrogen and oxygen atoms in total. The van der Waals surface area contributed by atoms with Crippen molar-refractivity contribution in [3.8, 4) is 22.4 Å². The van der Waals surface area contributed by atoms with Crippen LogP contribution in [0.2, 0.25) is 10.0 Å². The molecule has 2 N–H and O–H groups in total. The van der Waals surface area contributed by atoms with E-state index in [-0.39, 0.29) is 38.2 Å². The Bertz CT molecular complexity index is 1840. The number of pyridine rings is 1. The van der Waals surface area contributed by atoms with Crippen LogP contribution in [0.1, 0.15) is 24.3 Å². The van der Waals surface area contributed by atoms with Crippen molar-refractivity contribution in [3.63, 3.8) is 0 Å². The maximum absolute atomic E-state index is 13.7. The zero-order chi connectivity index (χ0) is 30.3. The van der Waals surface area contributed by atoms with Crippen molar-refractivity contribution in [1.29, 1.82) is 0 Å². The summed E-state index contributed by atoms with van der Waals surface area (Å²) in [6.07, 6.45) is 2.02. The van der Waals surface area contributed by atoms with Crippen LogP contribution in [0.15, 0.2) is 66.0 Å². The van der Waals surface area contributed by atoms with Crippen LogP contribution in [-0.4, -0.2) is 43.4 Å². The predicted octanol–water partition coefficient (Wildman–Crippen LogP) is 6.94. The smallest absolute Gasteiger partial charge is 0.334 e. The lowest BCUT2D eigenvalue weighted by molar-refractivity contribution is -0.140. The van der Waals surface area contributed by atoms with Crippen molar-refractivity contribution in [3.05, 3.63) is 87.1 Å². The molecule has 3 aromatic heterocycles. The molecule has 1 aliphatic rings. The van der Waals surface area contributed by atoms with E-state index in [0.717, 1.165) is 31.6 Å². The molecule has 0 saturated carbocycles. The number of nitrogens with one attached hydrogen (secondary N) is 2. The molecule has 43 heavy (non-hydrogen) atoms. The van der Waals surface area contributed by atoms with E-state index in [1.165, 1.54) is 17.8 Å². The maximum atomic E-state index is 13.7. The Morgan fingerprint density at radius 3 is 2.37 bits per heavy atom. The number of halogens is 5. The van der Waals surface area contributed by atoms with Crippen molar-refractivity contribution in [2.24, 2.45) is 7.05 Å². The molecule has 0 unspecified atom stereocenters. The molecule has 1 aliphatic heterocycles. The van der Waals surface area contributed by atoms with Gasteiger partial charge in [-0.15, -0.1) is 0 Å². The monoisotopic (exact) mass is 627 g/mol. The number of aryl methyl sites for hydroxylation is 1. The maximum Gasteiger partial charge on any atom is 0.406 e.